The van der Waals surface area contributed by atoms with Crippen LogP contribution < -0.4 is 9.64 Å². The Morgan fingerprint density at radius 3 is 2.83 bits per heavy atom. The van der Waals surface area contributed by atoms with E-state index in [1.165, 1.54) is 29.8 Å². The van der Waals surface area contributed by atoms with E-state index in [2.05, 4.69) is 16.7 Å². The first kappa shape index (κ1) is 18.4. The molecule has 0 atom stereocenters. The van der Waals surface area contributed by atoms with Crippen molar-refractivity contribution in [3.8, 4) is 5.75 Å². The first-order valence-electron chi connectivity index (χ1n) is 9.70. The van der Waals surface area contributed by atoms with Gasteiger partial charge in [-0.25, -0.2) is 0 Å². The van der Waals surface area contributed by atoms with Gasteiger partial charge in [0.05, 0.1) is 23.4 Å². The summed E-state index contributed by atoms with van der Waals surface area (Å²) in [5.41, 5.74) is 4.35. The maximum absolute atomic E-state index is 14.0. The molecule has 30 heavy (non-hydrogen) atoms. The number of allylic oxidation sites excluding steroid dienone is 1. The van der Waals surface area contributed by atoms with Gasteiger partial charge in [0, 0.05) is 47.0 Å². The molecule has 3 aromatic rings. The standard InChI is InChI=1S/C22H19FN4O3/c1-30-21-11-15(23)19(27(28)29)12-20(21)25-10-8-16(24-13-25)22-14-5-2-3-6-17(14)26-9-4-7-18(22)26/h2-3,5-6,8,10-12H,4,7,9,13H2,1H3. The Labute approximate surface area is 171 Å². The number of anilines is 1. The van der Waals surface area contributed by atoms with Crippen molar-refractivity contribution in [2.45, 2.75) is 19.4 Å². The van der Waals surface area contributed by atoms with Crippen LogP contribution in [0.1, 0.15) is 17.7 Å². The average molecular weight is 406 g/mol. The van der Waals surface area contributed by atoms with Gasteiger partial charge in [-0.15, -0.1) is 0 Å². The van der Waals surface area contributed by atoms with Crippen LogP contribution in [-0.4, -0.2) is 29.0 Å². The van der Waals surface area contributed by atoms with Crippen LogP contribution in [0.2, 0.25) is 0 Å². The van der Waals surface area contributed by atoms with Crippen molar-refractivity contribution in [3.05, 3.63) is 75.9 Å². The molecular weight excluding hydrogens is 387 g/mol. The Hall–Kier alpha value is -3.68. The second-order valence-electron chi connectivity index (χ2n) is 7.30. The van der Waals surface area contributed by atoms with Crippen LogP contribution in [0, 0.1) is 15.9 Å². The third kappa shape index (κ3) is 2.75. The number of aromatic nitrogens is 1. The van der Waals surface area contributed by atoms with Crippen LogP contribution in [0.5, 0.6) is 5.75 Å². The summed E-state index contributed by atoms with van der Waals surface area (Å²) >= 11 is 0. The van der Waals surface area contributed by atoms with E-state index >= 15 is 0 Å². The van der Waals surface area contributed by atoms with Crippen molar-refractivity contribution in [1.82, 2.24) is 4.57 Å². The van der Waals surface area contributed by atoms with Gasteiger partial charge in [-0.2, -0.15) is 4.39 Å². The van der Waals surface area contributed by atoms with E-state index in [0.717, 1.165) is 36.7 Å². The highest BCUT2D eigenvalue weighted by molar-refractivity contribution is 6.18. The number of ether oxygens (including phenoxy) is 1. The molecule has 5 rings (SSSR count). The Balaban J connectivity index is 1.53. The predicted molar refractivity (Wildman–Crippen MR) is 113 cm³/mol. The smallest absolute Gasteiger partial charge is 0.307 e. The second-order valence-corrected chi connectivity index (χ2v) is 7.30. The van der Waals surface area contributed by atoms with Crippen molar-refractivity contribution in [3.63, 3.8) is 0 Å². The molecule has 2 aliphatic heterocycles. The monoisotopic (exact) mass is 406 g/mol. The van der Waals surface area contributed by atoms with Crippen LogP contribution in [0.25, 0.3) is 10.9 Å². The van der Waals surface area contributed by atoms with Crippen molar-refractivity contribution in [1.29, 1.82) is 0 Å². The molecule has 0 N–H and O–H groups in total. The molecule has 0 radical (unpaired) electrons. The maximum Gasteiger partial charge on any atom is 0.307 e. The lowest BCUT2D eigenvalue weighted by Gasteiger charge is -2.24. The molecule has 152 valence electrons. The molecule has 0 unspecified atom stereocenters. The molecule has 7 nitrogen and oxygen atoms in total. The fourth-order valence-corrected chi connectivity index (χ4v) is 4.35. The number of benzene rings is 2. The van der Waals surface area contributed by atoms with Gasteiger partial charge in [-0.3, -0.25) is 15.1 Å². The van der Waals surface area contributed by atoms with Crippen molar-refractivity contribution < 1.29 is 14.1 Å². The van der Waals surface area contributed by atoms with Crippen molar-refractivity contribution in [2.75, 3.05) is 18.7 Å². The van der Waals surface area contributed by atoms with E-state index in [-0.39, 0.29) is 12.4 Å². The Morgan fingerprint density at radius 1 is 1.27 bits per heavy atom. The summed E-state index contributed by atoms with van der Waals surface area (Å²) in [4.78, 5) is 16.9. The lowest BCUT2D eigenvalue weighted by molar-refractivity contribution is -0.387. The zero-order valence-electron chi connectivity index (χ0n) is 16.3. The molecule has 0 saturated heterocycles. The normalized spacial score (nSPS) is 15.4. The predicted octanol–water partition coefficient (Wildman–Crippen LogP) is 4.42. The van der Waals surface area contributed by atoms with E-state index in [4.69, 9.17) is 9.73 Å². The third-order valence-electron chi connectivity index (χ3n) is 5.69. The fraction of sp³-hybridized carbons (Fsp3) is 0.227. The number of hydrogen-bond donors (Lipinski definition) is 0. The first-order valence-corrected chi connectivity index (χ1v) is 9.70. The summed E-state index contributed by atoms with van der Waals surface area (Å²) in [6, 6.07) is 10.6. The molecule has 0 bridgehead atoms. The SMILES string of the molecule is COc1cc(F)c([N+](=O)[O-])cc1N1C=CC(c2c3n(c4ccccc24)CCC3)=NC1. The lowest BCUT2D eigenvalue weighted by atomic mass is 10.0. The summed E-state index contributed by atoms with van der Waals surface area (Å²) in [6.07, 6.45) is 5.85. The number of nitro groups is 1. The van der Waals surface area contributed by atoms with Gasteiger partial charge in [0.2, 0.25) is 5.82 Å². The first-order chi connectivity index (χ1) is 14.6. The minimum atomic E-state index is -0.929. The molecule has 2 aromatic carbocycles. The van der Waals surface area contributed by atoms with Gasteiger partial charge in [-0.1, -0.05) is 18.2 Å². The molecule has 0 amide bonds. The molecular formula is C22H19FN4O3. The maximum atomic E-state index is 14.0. The zero-order valence-corrected chi connectivity index (χ0v) is 16.3. The minimum absolute atomic E-state index is 0.219. The molecule has 0 aliphatic carbocycles. The van der Waals surface area contributed by atoms with Crippen LogP contribution in [0.15, 0.2) is 53.7 Å². The summed E-state index contributed by atoms with van der Waals surface area (Å²) in [6.45, 7) is 1.26. The lowest BCUT2D eigenvalue weighted by Crippen LogP contribution is -2.22. The van der Waals surface area contributed by atoms with E-state index in [1.54, 1.807) is 4.90 Å². The molecule has 3 heterocycles. The summed E-state index contributed by atoms with van der Waals surface area (Å²) in [5, 5.41) is 12.3. The number of aryl methyl sites for hydroxylation is 1. The van der Waals surface area contributed by atoms with Gasteiger partial charge in [0.25, 0.3) is 0 Å². The van der Waals surface area contributed by atoms with Crippen LogP contribution >= 0.6 is 0 Å². The second kappa shape index (κ2) is 6.98. The van der Waals surface area contributed by atoms with Gasteiger partial charge >= 0.3 is 5.69 Å². The third-order valence-corrected chi connectivity index (χ3v) is 5.69. The van der Waals surface area contributed by atoms with Crippen LogP contribution in [0.4, 0.5) is 15.8 Å². The van der Waals surface area contributed by atoms with Gasteiger partial charge < -0.3 is 14.2 Å². The van der Waals surface area contributed by atoms with E-state index < -0.39 is 16.4 Å². The largest absolute Gasteiger partial charge is 0.494 e. The number of nitro benzene ring substituents is 1. The Kier molecular flexibility index (Phi) is 4.27. The highest BCUT2D eigenvalue weighted by Gasteiger charge is 2.26. The number of rotatable bonds is 4. The van der Waals surface area contributed by atoms with E-state index in [1.807, 2.05) is 24.4 Å². The Morgan fingerprint density at radius 2 is 2.10 bits per heavy atom. The van der Waals surface area contributed by atoms with Crippen LogP contribution in [0.3, 0.4) is 0 Å². The molecule has 1 aromatic heterocycles. The molecule has 0 spiro atoms. The number of nitrogens with zero attached hydrogens (tertiary/aromatic N) is 4. The average Bonchev–Trinajstić information content (AvgIpc) is 3.34. The Bertz CT molecular complexity index is 1240. The molecule has 8 heteroatoms. The summed E-state index contributed by atoms with van der Waals surface area (Å²) < 4.78 is 21.6. The number of aliphatic imine (C=N–C) groups is 1. The zero-order chi connectivity index (χ0) is 20.8. The highest BCUT2D eigenvalue weighted by Crippen LogP contribution is 2.37. The van der Waals surface area contributed by atoms with Crippen molar-refractivity contribution >= 4 is 28.0 Å². The van der Waals surface area contributed by atoms with E-state index in [0.29, 0.717) is 5.69 Å². The van der Waals surface area contributed by atoms with E-state index in [9.17, 15) is 14.5 Å². The number of para-hydroxylation sites is 1. The van der Waals surface area contributed by atoms with Crippen LogP contribution in [-0.2, 0) is 13.0 Å². The number of methoxy groups -OCH3 is 1. The fourth-order valence-electron chi connectivity index (χ4n) is 4.35. The molecule has 2 aliphatic rings. The van der Waals surface area contributed by atoms with Gasteiger partial charge in [-0.05, 0) is 25.0 Å². The van der Waals surface area contributed by atoms with Gasteiger partial charge in [0.1, 0.15) is 12.4 Å². The topological polar surface area (TPSA) is 72.9 Å². The summed E-state index contributed by atoms with van der Waals surface area (Å²) in [5.74, 6) is -0.710. The number of halogens is 1. The number of hydrogen-bond acceptors (Lipinski definition) is 5. The highest BCUT2D eigenvalue weighted by atomic mass is 19.1. The molecule has 0 saturated carbocycles. The number of fused-ring (bicyclic) bond motifs is 3. The molecule has 0 fully saturated rings. The minimum Gasteiger partial charge on any atom is -0.494 e. The van der Waals surface area contributed by atoms with Crippen molar-refractivity contribution in [2.24, 2.45) is 4.99 Å². The quantitative estimate of drug-likeness (QED) is 0.475. The van der Waals surface area contributed by atoms with Gasteiger partial charge in [0.15, 0.2) is 0 Å². The summed E-state index contributed by atoms with van der Waals surface area (Å²) in [7, 11) is 1.41.